The zero-order valence-corrected chi connectivity index (χ0v) is 7.44. The molecule has 0 aliphatic heterocycles. The first-order chi connectivity index (χ1) is 4.85. The third-order valence-corrected chi connectivity index (χ3v) is 1.32. The van der Waals surface area contributed by atoms with E-state index in [1.807, 2.05) is 0 Å². The molecule has 0 bridgehead atoms. The number of hydrogen-bond acceptors (Lipinski definition) is 0. The molecule has 0 aromatic heterocycles. The molecule has 0 spiro atoms. The van der Waals surface area contributed by atoms with Crippen LogP contribution in [0.5, 0.6) is 0 Å². The summed E-state index contributed by atoms with van der Waals surface area (Å²) >= 11 is 16.0. The SMILES string of the molecule is Cl/C=C/B(/C=C/Cl)/C=C/Cl. The summed E-state index contributed by atoms with van der Waals surface area (Å²) in [6.07, 6.45) is 0. The van der Waals surface area contributed by atoms with Gasteiger partial charge >= 0.3 is 0 Å². The molecule has 0 aromatic rings. The monoisotopic (exact) mass is 194 g/mol. The highest BCUT2D eigenvalue weighted by molar-refractivity contribution is 6.76. The molecular formula is C6H6BCl3. The van der Waals surface area contributed by atoms with Gasteiger partial charge in [0, 0.05) is 0 Å². The second-order valence-corrected chi connectivity index (χ2v) is 2.29. The standard InChI is InChI=1S/C6H6BCl3/c8-4-1-7(2-5-9)3-6-10/h1-6H/b4-1+,5-2+,6-3+. The first-order valence-corrected chi connectivity index (χ1v) is 3.96. The lowest BCUT2D eigenvalue weighted by atomic mass is 9.51. The van der Waals surface area contributed by atoms with E-state index in [0.29, 0.717) is 0 Å². The highest BCUT2D eigenvalue weighted by Gasteiger charge is 1.97. The van der Waals surface area contributed by atoms with Crippen LogP contribution in [-0.2, 0) is 0 Å². The highest BCUT2D eigenvalue weighted by atomic mass is 35.5. The van der Waals surface area contributed by atoms with E-state index in [1.54, 1.807) is 17.9 Å². The van der Waals surface area contributed by atoms with Crippen LogP contribution in [0.25, 0.3) is 0 Å². The van der Waals surface area contributed by atoms with Crippen LogP contribution in [0, 0.1) is 0 Å². The lowest BCUT2D eigenvalue weighted by Gasteiger charge is -1.89. The van der Waals surface area contributed by atoms with Gasteiger partial charge in [-0.05, 0) is 16.6 Å². The summed E-state index contributed by atoms with van der Waals surface area (Å²) in [5, 5.41) is 0. The smallest absolute Gasteiger partial charge is 0.0950 e. The predicted molar refractivity (Wildman–Crippen MR) is 50.7 cm³/mol. The Hall–Kier alpha value is 0.155. The summed E-state index contributed by atoms with van der Waals surface area (Å²) in [7, 11) is 0. The van der Waals surface area contributed by atoms with Crippen LogP contribution in [0.1, 0.15) is 0 Å². The first-order valence-electron chi connectivity index (χ1n) is 2.65. The van der Waals surface area contributed by atoms with Crippen molar-refractivity contribution in [2.45, 2.75) is 0 Å². The summed E-state index contributed by atoms with van der Waals surface area (Å²) in [5.41, 5.74) is 4.29. The average Bonchev–Trinajstić information content (AvgIpc) is 1.90. The predicted octanol–water partition coefficient (Wildman–Crippen LogP) is 3.36. The van der Waals surface area contributed by atoms with Crippen LogP contribution in [0.3, 0.4) is 0 Å². The minimum Gasteiger partial charge on any atom is -0.0950 e. The maximum atomic E-state index is 5.33. The quantitative estimate of drug-likeness (QED) is 0.606. The highest BCUT2D eigenvalue weighted by Crippen LogP contribution is 1.95. The third kappa shape index (κ3) is 4.98. The summed E-state index contributed by atoms with van der Waals surface area (Å²) in [6.45, 7) is 0.0903. The van der Waals surface area contributed by atoms with Gasteiger partial charge < -0.3 is 0 Å². The van der Waals surface area contributed by atoms with Crippen molar-refractivity contribution in [3.05, 3.63) is 34.5 Å². The van der Waals surface area contributed by atoms with E-state index in [0.717, 1.165) is 0 Å². The van der Waals surface area contributed by atoms with Gasteiger partial charge in [-0.1, -0.05) is 52.7 Å². The van der Waals surface area contributed by atoms with Crippen LogP contribution in [0.15, 0.2) is 34.5 Å². The summed E-state index contributed by atoms with van der Waals surface area (Å²) in [6, 6.07) is 0. The van der Waals surface area contributed by atoms with Crippen LogP contribution < -0.4 is 0 Å². The Bertz CT molecular complexity index is 123. The van der Waals surface area contributed by atoms with Gasteiger partial charge in [-0.2, -0.15) is 0 Å². The molecule has 54 valence electrons. The van der Waals surface area contributed by atoms with Crippen molar-refractivity contribution in [3.63, 3.8) is 0 Å². The van der Waals surface area contributed by atoms with Crippen molar-refractivity contribution in [2.24, 2.45) is 0 Å². The maximum absolute atomic E-state index is 5.33. The number of hydrogen-bond donors (Lipinski definition) is 0. The Labute approximate surface area is 76.2 Å². The molecule has 0 rings (SSSR count). The maximum Gasteiger partial charge on any atom is 0.221 e. The van der Waals surface area contributed by atoms with Gasteiger partial charge in [-0.3, -0.25) is 0 Å². The zero-order chi connectivity index (χ0) is 7.82. The lowest BCUT2D eigenvalue weighted by molar-refractivity contribution is 2.19. The van der Waals surface area contributed by atoms with Gasteiger partial charge in [0.05, 0.1) is 0 Å². The van der Waals surface area contributed by atoms with Crippen LogP contribution in [-0.4, -0.2) is 6.71 Å². The van der Waals surface area contributed by atoms with Gasteiger partial charge in [-0.25, -0.2) is 0 Å². The fourth-order valence-electron chi connectivity index (χ4n) is 0.444. The molecule has 0 saturated carbocycles. The van der Waals surface area contributed by atoms with E-state index >= 15 is 0 Å². The van der Waals surface area contributed by atoms with Gasteiger partial charge in [0.15, 0.2) is 0 Å². The van der Waals surface area contributed by atoms with Crippen LogP contribution >= 0.6 is 34.8 Å². The largest absolute Gasteiger partial charge is 0.221 e. The molecule has 0 aliphatic rings. The van der Waals surface area contributed by atoms with Crippen molar-refractivity contribution >= 4 is 41.5 Å². The molecule has 10 heavy (non-hydrogen) atoms. The second-order valence-electron chi connectivity index (χ2n) is 1.53. The van der Waals surface area contributed by atoms with E-state index in [4.69, 9.17) is 34.8 Å². The molecule has 0 amide bonds. The molecule has 0 saturated heterocycles. The number of rotatable bonds is 3. The van der Waals surface area contributed by atoms with E-state index in [2.05, 4.69) is 0 Å². The minimum atomic E-state index is 0.0903. The molecule has 0 N–H and O–H groups in total. The van der Waals surface area contributed by atoms with Crippen molar-refractivity contribution < 1.29 is 0 Å². The zero-order valence-electron chi connectivity index (χ0n) is 5.18. The second kappa shape index (κ2) is 7.26. The Kier molecular flexibility index (Phi) is 7.38. The number of halogens is 3. The van der Waals surface area contributed by atoms with Crippen molar-refractivity contribution in [2.75, 3.05) is 0 Å². The average molecular weight is 195 g/mol. The van der Waals surface area contributed by atoms with Gasteiger partial charge in [0.2, 0.25) is 6.71 Å². The molecule has 0 fully saturated rings. The first kappa shape index (κ1) is 10.2. The Morgan fingerprint density at radius 2 is 1.00 bits per heavy atom. The van der Waals surface area contributed by atoms with Crippen molar-refractivity contribution in [1.82, 2.24) is 0 Å². The molecule has 0 heterocycles. The molecular weight excluding hydrogens is 189 g/mol. The Morgan fingerprint density at radius 1 is 0.700 bits per heavy atom. The van der Waals surface area contributed by atoms with Gasteiger partial charge in [0.25, 0.3) is 0 Å². The summed E-state index contributed by atoms with van der Waals surface area (Å²) < 4.78 is 0. The molecule has 0 radical (unpaired) electrons. The Balaban J connectivity index is 3.97. The van der Waals surface area contributed by atoms with Gasteiger partial charge in [0.1, 0.15) is 0 Å². The van der Waals surface area contributed by atoms with E-state index in [-0.39, 0.29) is 6.71 Å². The van der Waals surface area contributed by atoms with Crippen LogP contribution in [0.4, 0.5) is 0 Å². The molecule has 0 unspecified atom stereocenters. The van der Waals surface area contributed by atoms with E-state index in [1.165, 1.54) is 16.6 Å². The molecule has 0 aromatic carbocycles. The lowest BCUT2D eigenvalue weighted by Crippen LogP contribution is -1.99. The fraction of sp³-hybridized carbons (Fsp3) is 0. The third-order valence-electron chi connectivity index (χ3n) is 0.885. The molecule has 0 atom stereocenters. The topological polar surface area (TPSA) is 0 Å². The molecule has 4 heteroatoms. The molecule has 0 aliphatic carbocycles. The minimum absolute atomic E-state index is 0.0903. The normalized spacial score (nSPS) is 12.3. The Morgan fingerprint density at radius 3 is 1.20 bits per heavy atom. The van der Waals surface area contributed by atoms with Gasteiger partial charge in [-0.15, -0.1) is 0 Å². The van der Waals surface area contributed by atoms with E-state index in [9.17, 15) is 0 Å². The summed E-state index contributed by atoms with van der Waals surface area (Å²) in [5.74, 6) is 5.29. The fourth-order valence-corrected chi connectivity index (χ4v) is 0.948. The summed E-state index contributed by atoms with van der Waals surface area (Å²) in [4.78, 5) is 0. The van der Waals surface area contributed by atoms with Crippen molar-refractivity contribution in [1.29, 1.82) is 0 Å². The van der Waals surface area contributed by atoms with Crippen LogP contribution in [0.2, 0.25) is 0 Å². The van der Waals surface area contributed by atoms with Crippen molar-refractivity contribution in [3.8, 4) is 0 Å². The van der Waals surface area contributed by atoms with E-state index < -0.39 is 0 Å². The molecule has 0 nitrogen and oxygen atoms in total.